The van der Waals surface area contributed by atoms with Crippen LogP contribution in [0.5, 0.6) is 0 Å². The molecule has 0 atom stereocenters. The van der Waals surface area contributed by atoms with E-state index in [1.807, 2.05) is 13.8 Å². The number of rotatable bonds is 9. The second-order valence-electron chi connectivity index (χ2n) is 6.71. The summed E-state index contributed by atoms with van der Waals surface area (Å²) in [5, 5.41) is 2.69. The van der Waals surface area contributed by atoms with Crippen LogP contribution in [0, 0.1) is 11.7 Å². The van der Waals surface area contributed by atoms with Gasteiger partial charge in [-0.1, -0.05) is 38.1 Å². The van der Waals surface area contributed by atoms with E-state index in [9.17, 15) is 17.6 Å². The maximum Gasteiger partial charge on any atom is 0.251 e. The molecule has 1 amide bonds. The molecule has 146 valence electrons. The zero-order chi connectivity index (χ0) is 19.9. The van der Waals surface area contributed by atoms with Gasteiger partial charge in [0.05, 0.1) is 4.90 Å². The fourth-order valence-corrected chi connectivity index (χ4v) is 3.58. The van der Waals surface area contributed by atoms with E-state index >= 15 is 0 Å². The Morgan fingerprint density at radius 2 is 1.81 bits per heavy atom. The minimum atomic E-state index is -3.66. The van der Waals surface area contributed by atoms with Crippen LogP contribution in [0.2, 0.25) is 0 Å². The van der Waals surface area contributed by atoms with Gasteiger partial charge in [-0.15, -0.1) is 0 Å². The molecule has 2 aromatic rings. The number of hydrogen-bond donors (Lipinski definition) is 2. The van der Waals surface area contributed by atoms with Gasteiger partial charge in [0, 0.05) is 18.7 Å². The molecule has 0 spiro atoms. The minimum absolute atomic E-state index is 0.0491. The lowest BCUT2D eigenvalue weighted by Crippen LogP contribution is -2.28. The first-order valence-corrected chi connectivity index (χ1v) is 10.4. The highest BCUT2D eigenvalue weighted by Crippen LogP contribution is 2.12. The highest BCUT2D eigenvalue weighted by Gasteiger charge is 2.16. The van der Waals surface area contributed by atoms with Gasteiger partial charge in [0.1, 0.15) is 5.82 Å². The molecule has 0 saturated carbocycles. The fraction of sp³-hybridized carbons (Fsp3) is 0.350. The van der Waals surface area contributed by atoms with Crippen LogP contribution in [0.1, 0.15) is 36.2 Å². The molecular formula is C20H25FN2O3S. The average Bonchev–Trinajstić information content (AvgIpc) is 2.63. The first-order chi connectivity index (χ1) is 12.8. The molecular weight excluding hydrogens is 367 g/mol. The summed E-state index contributed by atoms with van der Waals surface area (Å²) in [4.78, 5) is 12.3. The van der Waals surface area contributed by atoms with Crippen molar-refractivity contribution in [2.45, 2.75) is 31.6 Å². The lowest BCUT2D eigenvalue weighted by Gasteiger charge is -2.10. The molecule has 0 fully saturated rings. The van der Waals surface area contributed by atoms with Crippen LogP contribution in [0.4, 0.5) is 4.39 Å². The number of sulfonamides is 1. The van der Waals surface area contributed by atoms with Crippen LogP contribution >= 0.6 is 0 Å². The van der Waals surface area contributed by atoms with Crippen molar-refractivity contribution >= 4 is 15.9 Å². The molecule has 0 aliphatic carbocycles. The Bertz CT molecular complexity index is 882. The third-order valence-electron chi connectivity index (χ3n) is 4.06. The molecule has 7 heteroatoms. The molecule has 0 bridgehead atoms. The summed E-state index contributed by atoms with van der Waals surface area (Å²) in [5.74, 6) is -0.322. The van der Waals surface area contributed by atoms with E-state index in [1.54, 1.807) is 24.3 Å². The maximum atomic E-state index is 13.6. The van der Waals surface area contributed by atoms with E-state index in [-0.39, 0.29) is 22.8 Å². The summed E-state index contributed by atoms with van der Waals surface area (Å²) in [6.07, 6.45) is 1.09. The highest BCUT2D eigenvalue weighted by molar-refractivity contribution is 7.89. The molecule has 5 nitrogen and oxygen atoms in total. The quantitative estimate of drug-likeness (QED) is 0.688. The maximum absolute atomic E-state index is 13.6. The smallest absolute Gasteiger partial charge is 0.251 e. The minimum Gasteiger partial charge on any atom is -0.352 e. The normalized spacial score (nSPS) is 11.6. The SMILES string of the molecule is CC(C)CCNS(=O)(=O)c1cccc(C(=O)NCCc2ccccc2F)c1. The number of halogens is 1. The van der Waals surface area contributed by atoms with Crippen molar-refractivity contribution in [3.8, 4) is 0 Å². The van der Waals surface area contributed by atoms with Crippen LogP contribution in [0.3, 0.4) is 0 Å². The standard InChI is InChI=1S/C20H25FN2O3S/c1-15(2)10-13-23-27(25,26)18-8-5-7-17(14-18)20(24)22-12-11-16-6-3-4-9-19(16)21/h3-9,14-15,23H,10-13H2,1-2H3,(H,22,24). The van der Waals surface area contributed by atoms with Crippen molar-refractivity contribution in [1.82, 2.24) is 10.0 Å². The Hall–Kier alpha value is -2.25. The molecule has 0 aromatic heterocycles. The number of carbonyl (C=O) groups excluding carboxylic acids is 1. The Morgan fingerprint density at radius 3 is 2.52 bits per heavy atom. The van der Waals surface area contributed by atoms with Crippen LogP contribution in [-0.4, -0.2) is 27.4 Å². The largest absolute Gasteiger partial charge is 0.352 e. The molecule has 0 unspecified atom stereocenters. The van der Waals surface area contributed by atoms with Crippen molar-refractivity contribution in [2.75, 3.05) is 13.1 Å². The van der Waals surface area contributed by atoms with Gasteiger partial charge in [0.2, 0.25) is 10.0 Å². The van der Waals surface area contributed by atoms with Crippen molar-refractivity contribution in [3.63, 3.8) is 0 Å². The average molecular weight is 392 g/mol. The first-order valence-electron chi connectivity index (χ1n) is 8.91. The van der Waals surface area contributed by atoms with Gasteiger partial charge in [0.15, 0.2) is 0 Å². The molecule has 2 rings (SSSR count). The third kappa shape index (κ3) is 6.45. The van der Waals surface area contributed by atoms with E-state index in [2.05, 4.69) is 10.0 Å². The highest BCUT2D eigenvalue weighted by atomic mass is 32.2. The fourth-order valence-electron chi connectivity index (χ4n) is 2.48. The lowest BCUT2D eigenvalue weighted by molar-refractivity contribution is 0.0954. The zero-order valence-electron chi connectivity index (χ0n) is 15.5. The van der Waals surface area contributed by atoms with E-state index in [0.717, 1.165) is 6.42 Å². The second-order valence-corrected chi connectivity index (χ2v) is 8.47. The van der Waals surface area contributed by atoms with Crippen molar-refractivity contribution in [2.24, 2.45) is 5.92 Å². The molecule has 2 aromatic carbocycles. The van der Waals surface area contributed by atoms with Gasteiger partial charge in [0.25, 0.3) is 5.91 Å². The third-order valence-corrected chi connectivity index (χ3v) is 5.52. The molecule has 0 radical (unpaired) electrons. The summed E-state index contributed by atoms with van der Waals surface area (Å²) in [7, 11) is -3.66. The predicted octanol–water partition coefficient (Wildman–Crippen LogP) is 3.12. The zero-order valence-corrected chi connectivity index (χ0v) is 16.4. The van der Waals surface area contributed by atoms with Crippen LogP contribution in [-0.2, 0) is 16.4 Å². The molecule has 0 aliphatic heterocycles. The summed E-state index contributed by atoms with van der Waals surface area (Å²) in [6, 6.07) is 12.3. The summed E-state index contributed by atoms with van der Waals surface area (Å²) >= 11 is 0. The molecule has 27 heavy (non-hydrogen) atoms. The molecule has 0 aliphatic rings. The monoisotopic (exact) mass is 392 g/mol. The molecule has 2 N–H and O–H groups in total. The Morgan fingerprint density at radius 1 is 1.07 bits per heavy atom. The number of nitrogens with one attached hydrogen (secondary N) is 2. The van der Waals surface area contributed by atoms with Crippen molar-refractivity contribution < 1.29 is 17.6 Å². The van der Waals surface area contributed by atoms with Crippen molar-refractivity contribution in [1.29, 1.82) is 0 Å². The van der Waals surface area contributed by atoms with Gasteiger partial charge in [-0.25, -0.2) is 17.5 Å². The van der Waals surface area contributed by atoms with Crippen LogP contribution in [0.15, 0.2) is 53.4 Å². The van der Waals surface area contributed by atoms with E-state index < -0.39 is 15.9 Å². The van der Waals surface area contributed by atoms with Gasteiger partial charge in [-0.05, 0) is 48.6 Å². The number of benzene rings is 2. The predicted molar refractivity (Wildman–Crippen MR) is 104 cm³/mol. The van der Waals surface area contributed by atoms with E-state index in [0.29, 0.717) is 24.4 Å². The summed E-state index contributed by atoms with van der Waals surface area (Å²) in [5.41, 5.74) is 0.763. The van der Waals surface area contributed by atoms with Crippen LogP contribution in [0.25, 0.3) is 0 Å². The molecule has 0 heterocycles. The first kappa shape index (κ1) is 21.1. The van der Waals surface area contributed by atoms with Gasteiger partial charge in [-0.2, -0.15) is 0 Å². The van der Waals surface area contributed by atoms with Crippen LogP contribution < -0.4 is 10.0 Å². The second kappa shape index (κ2) is 9.62. The topological polar surface area (TPSA) is 75.3 Å². The molecule has 0 saturated heterocycles. The van der Waals surface area contributed by atoms with E-state index in [1.165, 1.54) is 24.3 Å². The Kier molecular flexibility index (Phi) is 7.50. The Labute approximate surface area is 160 Å². The van der Waals surface area contributed by atoms with Gasteiger partial charge < -0.3 is 5.32 Å². The van der Waals surface area contributed by atoms with E-state index in [4.69, 9.17) is 0 Å². The number of hydrogen-bond acceptors (Lipinski definition) is 3. The summed E-state index contributed by atoms with van der Waals surface area (Å²) < 4.78 is 40.8. The number of amides is 1. The Balaban J connectivity index is 1.97. The van der Waals surface area contributed by atoms with Crippen molar-refractivity contribution in [3.05, 3.63) is 65.5 Å². The lowest BCUT2D eigenvalue weighted by atomic mass is 10.1. The number of carbonyl (C=O) groups is 1. The van der Waals surface area contributed by atoms with Gasteiger partial charge in [-0.3, -0.25) is 4.79 Å². The summed E-state index contributed by atoms with van der Waals surface area (Å²) in [6.45, 7) is 4.63. The van der Waals surface area contributed by atoms with Gasteiger partial charge >= 0.3 is 0 Å².